The van der Waals surface area contributed by atoms with Gasteiger partial charge in [0.1, 0.15) is 5.69 Å². The van der Waals surface area contributed by atoms with Crippen molar-refractivity contribution in [3.05, 3.63) is 78.4 Å². The molecule has 0 fully saturated rings. The molecular formula is C19H15N5O3S. The van der Waals surface area contributed by atoms with Crippen LogP contribution in [0.1, 0.15) is 16.1 Å². The molecule has 3 aromatic heterocycles. The van der Waals surface area contributed by atoms with E-state index in [9.17, 15) is 13.2 Å². The molecule has 8 nitrogen and oxygen atoms in total. The second kappa shape index (κ2) is 6.86. The largest absolute Gasteiger partial charge is 0.287 e. The Bertz CT molecular complexity index is 1280. The Hall–Kier alpha value is -3.59. The summed E-state index contributed by atoms with van der Waals surface area (Å²) in [4.78, 5) is 21.1. The minimum absolute atomic E-state index is 0.271. The van der Waals surface area contributed by atoms with Gasteiger partial charge in [0, 0.05) is 23.6 Å². The maximum atomic E-state index is 12.7. The SMILES string of the molecule is CS(=O)(=O)Nc1cccc(-c2ccnc3c(C(=O)c4ccccn4)cnn23)c1. The van der Waals surface area contributed by atoms with Crippen LogP contribution in [0.2, 0.25) is 0 Å². The predicted octanol–water partition coefficient (Wildman–Crippen LogP) is 2.39. The third kappa shape index (κ3) is 3.47. The first-order valence-electron chi connectivity index (χ1n) is 8.29. The summed E-state index contributed by atoms with van der Waals surface area (Å²) in [5, 5.41) is 4.31. The summed E-state index contributed by atoms with van der Waals surface area (Å²) in [7, 11) is -3.39. The van der Waals surface area contributed by atoms with Crippen LogP contribution in [0.15, 0.2) is 67.1 Å². The number of hydrogen-bond acceptors (Lipinski definition) is 6. The molecule has 0 bridgehead atoms. The number of aromatic nitrogens is 4. The van der Waals surface area contributed by atoms with E-state index in [2.05, 4.69) is 19.8 Å². The number of carbonyl (C=O) groups excluding carboxylic acids is 1. The summed E-state index contributed by atoms with van der Waals surface area (Å²) in [6.07, 6.45) is 5.69. The van der Waals surface area contributed by atoms with Crippen LogP contribution >= 0.6 is 0 Å². The van der Waals surface area contributed by atoms with Gasteiger partial charge in [0.05, 0.1) is 23.7 Å². The van der Waals surface area contributed by atoms with E-state index < -0.39 is 10.0 Å². The lowest BCUT2D eigenvalue weighted by atomic mass is 10.1. The lowest BCUT2D eigenvalue weighted by molar-refractivity contribution is 0.103. The molecule has 0 aliphatic carbocycles. The van der Waals surface area contributed by atoms with Crippen molar-refractivity contribution in [2.24, 2.45) is 0 Å². The van der Waals surface area contributed by atoms with Crippen LogP contribution in [-0.2, 0) is 10.0 Å². The summed E-state index contributed by atoms with van der Waals surface area (Å²) in [5.41, 5.74) is 2.87. The molecule has 0 amide bonds. The van der Waals surface area contributed by atoms with E-state index in [0.29, 0.717) is 28.3 Å². The maximum Gasteiger partial charge on any atom is 0.229 e. The Kier molecular flexibility index (Phi) is 4.36. The van der Waals surface area contributed by atoms with Gasteiger partial charge in [0.15, 0.2) is 5.65 Å². The molecule has 1 aromatic carbocycles. The zero-order chi connectivity index (χ0) is 19.7. The van der Waals surface area contributed by atoms with Crippen LogP contribution in [0.3, 0.4) is 0 Å². The van der Waals surface area contributed by atoms with Crippen molar-refractivity contribution in [3.8, 4) is 11.3 Å². The highest BCUT2D eigenvalue weighted by Crippen LogP contribution is 2.24. The van der Waals surface area contributed by atoms with E-state index in [1.165, 1.54) is 6.20 Å². The van der Waals surface area contributed by atoms with Gasteiger partial charge in [-0.25, -0.2) is 17.9 Å². The molecule has 140 valence electrons. The molecule has 9 heteroatoms. The lowest BCUT2D eigenvalue weighted by Crippen LogP contribution is -2.09. The molecule has 0 aliphatic rings. The Morgan fingerprint density at radius 3 is 2.64 bits per heavy atom. The molecule has 28 heavy (non-hydrogen) atoms. The first kappa shape index (κ1) is 17.8. The number of pyridine rings is 1. The maximum absolute atomic E-state index is 12.7. The van der Waals surface area contributed by atoms with Gasteiger partial charge in [0.25, 0.3) is 0 Å². The van der Waals surface area contributed by atoms with Crippen molar-refractivity contribution < 1.29 is 13.2 Å². The average molecular weight is 393 g/mol. The van der Waals surface area contributed by atoms with Gasteiger partial charge >= 0.3 is 0 Å². The van der Waals surface area contributed by atoms with Crippen molar-refractivity contribution in [2.75, 3.05) is 11.0 Å². The number of sulfonamides is 1. The highest BCUT2D eigenvalue weighted by Gasteiger charge is 2.18. The normalized spacial score (nSPS) is 11.5. The number of rotatable bonds is 5. The Labute approximate surface area is 160 Å². The zero-order valence-electron chi connectivity index (χ0n) is 14.8. The van der Waals surface area contributed by atoms with Crippen molar-refractivity contribution in [1.82, 2.24) is 19.6 Å². The number of hydrogen-bond donors (Lipinski definition) is 1. The number of benzene rings is 1. The fraction of sp³-hybridized carbons (Fsp3) is 0.0526. The van der Waals surface area contributed by atoms with Gasteiger partial charge < -0.3 is 0 Å². The summed E-state index contributed by atoms with van der Waals surface area (Å²) in [6, 6.07) is 13.8. The fourth-order valence-corrected chi connectivity index (χ4v) is 3.42. The second-order valence-corrected chi connectivity index (χ2v) is 7.87. The molecule has 0 radical (unpaired) electrons. The van der Waals surface area contributed by atoms with E-state index in [1.807, 2.05) is 6.07 Å². The van der Waals surface area contributed by atoms with Crippen LogP contribution in [0, 0.1) is 0 Å². The number of ketones is 1. The highest BCUT2D eigenvalue weighted by molar-refractivity contribution is 7.92. The molecule has 4 rings (SSSR count). The summed E-state index contributed by atoms with van der Waals surface area (Å²) >= 11 is 0. The minimum Gasteiger partial charge on any atom is -0.287 e. The highest BCUT2D eigenvalue weighted by atomic mass is 32.2. The summed E-state index contributed by atoms with van der Waals surface area (Å²) < 4.78 is 27.0. The van der Waals surface area contributed by atoms with E-state index in [-0.39, 0.29) is 5.78 Å². The van der Waals surface area contributed by atoms with Gasteiger partial charge in [-0.15, -0.1) is 0 Å². The molecule has 1 N–H and O–H groups in total. The van der Waals surface area contributed by atoms with Crippen molar-refractivity contribution >= 4 is 27.1 Å². The van der Waals surface area contributed by atoms with Gasteiger partial charge in [-0.2, -0.15) is 5.10 Å². The van der Waals surface area contributed by atoms with E-state index in [4.69, 9.17) is 0 Å². The van der Waals surface area contributed by atoms with Gasteiger partial charge in [-0.3, -0.25) is 14.5 Å². The van der Waals surface area contributed by atoms with Crippen molar-refractivity contribution in [2.45, 2.75) is 0 Å². The average Bonchev–Trinajstić information content (AvgIpc) is 3.11. The van der Waals surface area contributed by atoms with Crippen LogP contribution in [0.4, 0.5) is 5.69 Å². The van der Waals surface area contributed by atoms with Gasteiger partial charge in [-0.1, -0.05) is 18.2 Å². The first-order chi connectivity index (χ1) is 13.4. The summed E-state index contributed by atoms with van der Waals surface area (Å²) in [5.74, 6) is -0.271. The summed E-state index contributed by atoms with van der Waals surface area (Å²) in [6.45, 7) is 0. The van der Waals surface area contributed by atoms with Crippen LogP contribution in [0.5, 0.6) is 0 Å². The first-order valence-corrected chi connectivity index (χ1v) is 10.2. The Morgan fingerprint density at radius 1 is 1.04 bits per heavy atom. The van der Waals surface area contributed by atoms with Crippen LogP contribution in [0.25, 0.3) is 16.9 Å². The molecule has 4 aromatic rings. The quantitative estimate of drug-likeness (QED) is 0.522. The van der Waals surface area contributed by atoms with Gasteiger partial charge in [-0.05, 0) is 30.3 Å². The molecule has 0 atom stereocenters. The molecule has 0 saturated carbocycles. The Balaban J connectivity index is 1.80. The molecule has 0 saturated heterocycles. The molecule has 3 heterocycles. The van der Waals surface area contributed by atoms with Crippen molar-refractivity contribution in [3.63, 3.8) is 0 Å². The smallest absolute Gasteiger partial charge is 0.229 e. The van der Waals surface area contributed by atoms with Crippen LogP contribution in [-0.4, -0.2) is 40.0 Å². The number of carbonyl (C=O) groups is 1. The monoisotopic (exact) mass is 393 g/mol. The fourth-order valence-electron chi connectivity index (χ4n) is 2.86. The number of fused-ring (bicyclic) bond motifs is 1. The molecule has 0 spiro atoms. The molecular weight excluding hydrogens is 378 g/mol. The lowest BCUT2D eigenvalue weighted by Gasteiger charge is -2.08. The Morgan fingerprint density at radius 2 is 1.89 bits per heavy atom. The van der Waals surface area contributed by atoms with Crippen molar-refractivity contribution in [1.29, 1.82) is 0 Å². The zero-order valence-corrected chi connectivity index (χ0v) is 15.6. The molecule has 0 aliphatic heterocycles. The number of nitrogens with zero attached hydrogens (tertiary/aromatic N) is 4. The second-order valence-electron chi connectivity index (χ2n) is 6.12. The topological polar surface area (TPSA) is 106 Å². The van der Waals surface area contributed by atoms with Gasteiger partial charge in [0.2, 0.25) is 15.8 Å². The minimum atomic E-state index is -3.39. The third-order valence-electron chi connectivity index (χ3n) is 4.00. The third-order valence-corrected chi connectivity index (χ3v) is 4.61. The van der Waals surface area contributed by atoms with E-state index >= 15 is 0 Å². The van der Waals surface area contributed by atoms with E-state index in [0.717, 1.165) is 11.8 Å². The molecule has 0 unspecified atom stereocenters. The predicted molar refractivity (Wildman–Crippen MR) is 105 cm³/mol. The number of anilines is 1. The number of nitrogens with one attached hydrogen (secondary N) is 1. The van der Waals surface area contributed by atoms with E-state index in [1.54, 1.807) is 59.4 Å². The van der Waals surface area contributed by atoms with Crippen LogP contribution < -0.4 is 4.72 Å². The standard InChI is InChI=1S/C19H15N5O3S/c1-28(26,27)23-14-6-4-5-13(11-14)17-8-10-21-19-15(12-22-24(17)19)18(25)16-7-2-3-9-20-16/h2-12,23H,1H3.